The third-order valence-corrected chi connectivity index (χ3v) is 3.67. The molecule has 2 aromatic rings. The van der Waals surface area contributed by atoms with E-state index in [2.05, 4.69) is 34.0 Å². The Bertz CT molecular complexity index is 635. The van der Waals surface area contributed by atoms with Crippen LogP contribution >= 0.6 is 45.8 Å². The maximum Gasteiger partial charge on any atom is 0.101 e. The number of halogens is 3. The molecule has 2 aromatic carbocycles. The molecule has 0 radical (unpaired) electrons. The Labute approximate surface area is 129 Å². The van der Waals surface area contributed by atoms with E-state index < -0.39 is 0 Å². The first-order valence-corrected chi connectivity index (χ1v) is 6.85. The zero-order valence-electron chi connectivity index (χ0n) is 9.05. The zero-order valence-corrected chi connectivity index (χ0v) is 12.7. The number of nitrogens with one attached hydrogen (secondary N) is 1. The maximum absolute atomic E-state index is 9.04. The lowest BCUT2D eigenvalue weighted by molar-refractivity contribution is 1.45. The van der Waals surface area contributed by atoms with Gasteiger partial charge in [-0.1, -0.05) is 23.2 Å². The fourth-order valence-corrected chi connectivity index (χ4v) is 2.63. The van der Waals surface area contributed by atoms with Gasteiger partial charge in [-0.25, -0.2) is 0 Å². The highest BCUT2D eigenvalue weighted by atomic mass is 127. The molecule has 0 fully saturated rings. The molecule has 0 heterocycles. The highest BCUT2D eigenvalue weighted by Gasteiger charge is 2.06. The van der Waals surface area contributed by atoms with E-state index in [1.165, 1.54) is 0 Å². The van der Waals surface area contributed by atoms with E-state index in [1.54, 1.807) is 24.3 Å². The van der Waals surface area contributed by atoms with Crippen molar-refractivity contribution in [2.45, 2.75) is 0 Å². The summed E-state index contributed by atoms with van der Waals surface area (Å²) in [4.78, 5) is 0. The third kappa shape index (κ3) is 3.08. The van der Waals surface area contributed by atoms with Gasteiger partial charge < -0.3 is 5.32 Å². The second-order valence-electron chi connectivity index (χ2n) is 3.55. The molecule has 0 unspecified atom stereocenters. The number of anilines is 2. The average molecular weight is 389 g/mol. The van der Waals surface area contributed by atoms with Crippen molar-refractivity contribution in [2.75, 3.05) is 5.32 Å². The van der Waals surface area contributed by atoms with Crippen LogP contribution in [0.5, 0.6) is 0 Å². The second-order valence-corrected chi connectivity index (χ2v) is 5.59. The number of benzene rings is 2. The summed E-state index contributed by atoms with van der Waals surface area (Å²) >= 11 is 14.0. The average Bonchev–Trinajstić information content (AvgIpc) is 2.33. The highest BCUT2D eigenvalue weighted by Crippen LogP contribution is 2.28. The zero-order chi connectivity index (χ0) is 13.1. The van der Waals surface area contributed by atoms with Crippen LogP contribution in [0, 0.1) is 14.9 Å². The summed E-state index contributed by atoms with van der Waals surface area (Å²) < 4.78 is 0.976. The molecule has 5 heteroatoms. The van der Waals surface area contributed by atoms with Crippen molar-refractivity contribution in [1.29, 1.82) is 5.26 Å². The van der Waals surface area contributed by atoms with E-state index in [4.69, 9.17) is 28.5 Å². The SMILES string of the molecule is N#Cc1ccc(Cl)cc1Nc1ccc(Cl)cc1I. The fourth-order valence-electron chi connectivity index (χ4n) is 1.45. The van der Waals surface area contributed by atoms with Gasteiger partial charge in [-0.05, 0) is 59.0 Å². The summed E-state index contributed by atoms with van der Waals surface area (Å²) in [6.45, 7) is 0. The molecule has 0 spiro atoms. The second kappa shape index (κ2) is 5.79. The van der Waals surface area contributed by atoms with Gasteiger partial charge in [0.15, 0.2) is 0 Å². The van der Waals surface area contributed by atoms with E-state index in [1.807, 2.05) is 12.1 Å². The van der Waals surface area contributed by atoms with Crippen molar-refractivity contribution in [2.24, 2.45) is 0 Å². The van der Waals surface area contributed by atoms with E-state index in [9.17, 15) is 0 Å². The van der Waals surface area contributed by atoms with Crippen LogP contribution in [-0.2, 0) is 0 Å². The Hall–Kier alpha value is -0.960. The molecule has 2 nitrogen and oxygen atoms in total. The summed E-state index contributed by atoms with van der Waals surface area (Å²) in [7, 11) is 0. The molecular weight excluding hydrogens is 382 g/mol. The molecule has 1 N–H and O–H groups in total. The molecule has 18 heavy (non-hydrogen) atoms. The van der Waals surface area contributed by atoms with Crippen molar-refractivity contribution < 1.29 is 0 Å². The Morgan fingerprint density at radius 2 is 1.67 bits per heavy atom. The van der Waals surface area contributed by atoms with Crippen molar-refractivity contribution in [3.05, 3.63) is 55.6 Å². The molecule has 0 saturated carbocycles. The quantitative estimate of drug-likeness (QED) is 0.716. The molecule has 0 aliphatic heterocycles. The van der Waals surface area contributed by atoms with Crippen LogP contribution in [0.25, 0.3) is 0 Å². The molecule has 0 amide bonds. The van der Waals surface area contributed by atoms with Gasteiger partial charge in [0, 0.05) is 13.6 Å². The Kier molecular flexibility index (Phi) is 4.33. The van der Waals surface area contributed by atoms with Crippen molar-refractivity contribution in [3.63, 3.8) is 0 Å². The predicted molar refractivity (Wildman–Crippen MR) is 83.6 cm³/mol. The van der Waals surface area contributed by atoms with Crippen molar-refractivity contribution in [3.8, 4) is 6.07 Å². The van der Waals surface area contributed by atoms with Gasteiger partial charge in [-0.2, -0.15) is 5.26 Å². The highest BCUT2D eigenvalue weighted by molar-refractivity contribution is 14.1. The molecule has 0 bridgehead atoms. The number of hydrogen-bond donors (Lipinski definition) is 1. The minimum Gasteiger partial charge on any atom is -0.354 e. The molecule has 0 aromatic heterocycles. The lowest BCUT2D eigenvalue weighted by atomic mass is 10.2. The van der Waals surface area contributed by atoms with Gasteiger partial charge >= 0.3 is 0 Å². The van der Waals surface area contributed by atoms with Gasteiger partial charge in [-0.15, -0.1) is 0 Å². The fraction of sp³-hybridized carbons (Fsp3) is 0. The lowest BCUT2D eigenvalue weighted by Crippen LogP contribution is -1.95. The topological polar surface area (TPSA) is 35.8 Å². The minimum absolute atomic E-state index is 0.546. The van der Waals surface area contributed by atoms with Crippen LogP contribution in [0.3, 0.4) is 0 Å². The molecular formula is C13H7Cl2IN2. The summed E-state index contributed by atoms with van der Waals surface area (Å²) in [5, 5.41) is 13.5. The van der Waals surface area contributed by atoms with Crippen LogP contribution in [0.15, 0.2) is 36.4 Å². The van der Waals surface area contributed by atoms with Gasteiger partial charge in [0.25, 0.3) is 0 Å². The first-order valence-electron chi connectivity index (χ1n) is 5.02. The van der Waals surface area contributed by atoms with Gasteiger partial charge in [-0.3, -0.25) is 0 Å². The van der Waals surface area contributed by atoms with Crippen LogP contribution in [-0.4, -0.2) is 0 Å². The number of rotatable bonds is 2. The lowest BCUT2D eigenvalue weighted by Gasteiger charge is -2.10. The molecule has 0 saturated heterocycles. The monoisotopic (exact) mass is 388 g/mol. The summed E-state index contributed by atoms with van der Waals surface area (Å²) in [6, 6.07) is 12.7. The Morgan fingerprint density at radius 1 is 1.00 bits per heavy atom. The number of hydrogen-bond acceptors (Lipinski definition) is 2. The van der Waals surface area contributed by atoms with Crippen molar-refractivity contribution in [1.82, 2.24) is 0 Å². The molecule has 90 valence electrons. The first-order chi connectivity index (χ1) is 8.60. The van der Waals surface area contributed by atoms with Crippen LogP contribution in [0.2, 0.25) is 10.0 Å². The van der Waals surface area contributed by atoms with E-state index in [0.29, 0.717) is 21.3 Å². The van der Waals surface area contributed by atoms with Gasteiger partial charge in [0.1, 0.15) is 6.07 Å². The van der Waals surface area contributed by atoms with E-state index in [0.717, 1.165) is 9.26 Å². The van der Waals surface area contributed by atoms with Crippen LogP contribution < -0.4 is 5.32 Å². The Balaban J connectivity index is 2.40. The smallest absolute Gasteiger partial charge is 0.101 e. The van der Waals surface area contributed by atoms with E-state index in [-0.39, 0.29) is 0 Å². The standard InChI is InChI=1S/C13H7Cl2IN2/c14-9-3-4-12(11(16)5-9)18-13-6-10(15)2-1-8(13)7-17/h1-6,18H. The first kappa shape index (κ1) is 13.5. The van der Waals surface area contributed by atoms with Crippen LogP contribution in [0.1, 0.15) is 5.56 Å². The molecule has 0 aliphatic carbocycles. The molecule has 0 aliphatic rings. The summed E-state index contributed by atoms with van der Waals surface area (Å²) in [6.07, 6.45) is 0. The number of nitrogens with zero attached hydrogens (tertiary/aromatic N) is 1. The third-order valence-electron chi connectivity index (χ3n) is 2.30. The molecule has 2 rings (SSSR count). The molecule has 0 atom stereocenters. The largest absolute Gasteiger partial charge is 0.354 e. The van der Waals surface area contributed by atoms with Crippen LogP contribution in [0.4, 0.5) is 11.4 Å². The van der Waals surface area contributed by atoms with Crippen molar-refractivity contribution >= 4 is 57.2 Å². The minimum atomic E-state index is 0.546. The predicted octanol–water partition coefficient (Wildman–Crippen LogP) is 5.21. The normalized spacial score (nSPS) is 9.89. The Morgan fingerprint density at radius 3 is 2.33 bits per heavy atom. The van der Waals surface area contributed by atoms with E-state index >= 15 is 0 Å². The summed E-state index contributed by atoms with van der Waals surface area (Å²) in [5.74, 6) is 0. The maximum atomic E-state index is 9.04. The number of nitriles is 1. The van der Waals surface area contributed by atoms with Gasteiger partial charge in [0.05, 0.1) is 16.9 Å². The summed E-state index contributed by atoms with van der Waals surface area (Å²) in [5.41, 5.74) is 2.12. The van der Waals surface area contributed by atoms with Gasteiger partial charge in [0.2, 0.25) is 0 Å².